The van der Waals surface area contributed by atoms with Crippen molar-refractivity contribution in [3.63, 3.8) is 0 Å². The number of hydrogen-bond acceptors (Lipinski definition) is 2. The second kappa shape index (κ2) is 7.10. The molecule has 0 radical (unpaired) electrons. The van der Waals surface area contributed by atoms with Crippen LogP contribution in [0.25, 0.3) is 0 Å². The van der Waals surface area contributed by atoms with Crippen molar-refractivity contribution >= 4 is 0 Å². The quantitative estimate of drug-likeness (QED) is 0.773. The minimum Gasteiger partial charge on any atom is -0.316 e. The van der Waals surface area contributed by atoms with Gasteiger partial charge >= 0.3 is 0 Å². The van der Waals surface area contributed by atoms with E-state index < -0.39 is 0 Å². The molecular weight excluding hydrogens is 234 g/mol. The molecule has 1 aromatic carbocycles. The summed E-state index contributed by atoms with van der Waals surface area (Å²) in [5.74, 6) is 0.489. The molecule has 0 fully saturated rings. The van der Waals surface area contributed by atoms with Crippen LogP contribution < -0.4 is 5.32 Å². The first-order chi connectivity index (χ1) is 9.29. The van der Waals surface area contributed by atoms with Crippen LogP contribution in [0.2, 0.25) is 0 Å². The molecule has 2 rings (SSSR count). The van der Waals surface area contributed by atoms with Gasteiger partial charge in [0.05, 0.1) is 5.69 Å². The highest BCUT2D eigenvalue weighted by Gasteiger charge is 2.13. The van der Waals surface area contributed by atoms with Gasteiger partial charge in [0.2, 0.25) is 0 Å². The van der Waals surface area contributed by atoms with E-state index in [4.69, 9.17) is 0 Å². The molecule has 0 saturated heterocycles. The summed E-state index contributed by atoms with van der Waals surface area (Å²) in [6.45, 7) is 4.28. The first kappa shape index (κ1) is 13.8. The largest absolute Gasteiger partial charge is 0.316 e. The summed E-state index contributed by atoms with van der Waals surface area (Å²) in [6, 6.07) is 12.8. The third-order valence-corrected chi connectivity index (χ3v) is 3.31. The Kier molecular flexibility index (Phi) is 5.16. The first-order valence-electron chi connectivity index (χ1n) is 7.03. The van der Waals surface area contributed by atoms with Crippen molar-refractivity contribution in [2.75, 3.05) is 13.1 Å². The van der Waals surface area contributed by atoms with E-state index in [9.17, 15) is 0 Å². The number of hydrogen-bond donors (Lipinski definition) is 1. The summed E-state index contributed by atoms with van der Waals surface area (Å²) in [6.07, 6.45) is 4.17. The molecule has 0 amide bonds. The number of aryl methyl sites for hydroxylation is 1. The zero-order valence-electron chi connectivity index (χ0n) is 11.8. The Hall–Kier alpha value is -1.61. The van der Waals surface area contributed by atoms with E-state index >= 15 is 0 Å². The van der Waals surface area contributed by atoms with Crippen molar-refractivity contribution in [3.05, 3.63) is 53.9 Å². The Morgan fingerprint density at radius 3 is 2.63 bits per heavy atom. The molecule has 19 heavy (non-hydrogen) atoms. The molecule has 1 unspecified atom stereocenters. The van der Waals surface area contributed by atoms with Crippen LogP contribution in [0.1, 0.15) is 30.5 Å². The predicted molar refractivity (Wildman–Crippen MR) is 79.3 cm³/mol. The lowest BCUT2D eigenvalue weighted by Gasteiger charge is -2.17. The highest BCUT2D eigenvalue weighted by Crippen LogP contribution is 2.19. The average Bonchev–Trinajstić information content (AvgIpc) is 2.84. The number of rotatable bonds is 7. The van der Waals surface area contributed by atoms with E-state index in [1.807, 2.05) is 17.9 Å². The highest BCUT2D eigenvalue weighted by molar-refractivity contribution is 5.22. The minimum absolute atomic E-state index is 0.489. The Labute approximate surface area is 115 Å². The maximum Gasteiger partial charge on any atom is 0.0631 e. The van der Waals surface area contributed by atoms with Gasteiger partial charge in [0.25, 0.3) is 0 Å². The van der Waals surface area contributed by atoms with Crippen molar-refractivity contribution in [2.24, 2.45) is 7.05 Å². The van der Waals surface area contributed by atoms with Crippen molar-refractivity contribution in [1.82, 2.24) is 15.1 Å². The van der Waals surface area contributed by atoms with Gasteiger partial charge in [-0.1, -0.05) is 37.3 Å². The Morgan fingerprint density at radius 2 is 2.00 bits per heavy atom. The molecule has 0 saturated carbocycles. The van der Waals surface area contributed by atoms with E-state index in [1.165, 1.54) is 12.0 Å². The molecule has 1 N–H and O–H groups in total. The zero-order valence-corrected chi connectivity index (χ0v) is 11.8. The maximum atomic E-state index is 4.49. The van der Waals surface area contributed by atoms with Gasteiger partial charge in [-0.25, -0.2) is 0 Å². The van der Waals surface area contributed by atoms with E-state index in [-0.39, 0.29) is 0 Å². The predicted octanol–water partition coefficient (Wildman–Crippen LogP) is 2.75. The summed E-state index contributed by atoms with van der Waals surface area (Å²) >= 11 is 0. The Morgan fingerprint density at radius 1 is 1.21 bits per heavy atom. The number of benzene rings is 1. The van der Waals surface area contributed by atoms with Gasteiger partial charge in [0.1, 0.15) is 0 Å². The summed E-state index contributed by atoms with van der Waals surface area (Å²) < 4.78 is 1.87. The van der Waals surface area contributed by atoms with Crippen molar-refractivity contribution in [2.45, 2.75) is 25.7 Å². The summed E-state index contributed by atoms with van der Waals surface area (Å²) in [4.78, 5) is 0. The molecule has 102 valence electrons. The molecule has 0 aliphatic heterocycles. The summed E-state index contributed by atoms with van der Waals surface area (Å²) in [5.41, 5.74) is 2.55. The molecule has 0 aliphatic rings. The van der Waals surface area contributed by atoms with Gasteiger partial charge in [-0.3, -0.25) is 4.68 Å². The molecule has 3 nitrogen and oxygen atoms in total. The summed E-state index contributed by atoms with van der Waals surface area (Å²) in [7, 11) is 1.97. The zero-order chi connectivity index (χ0) is 13.5. The smallest absolute Gasteiger partial charge is 0.0631 e. The number of aromatic nitrogens is 2. The lowest BCUT2D eigenvalue weighted by Crippen LogP contribution is -2.23. The fourth-order valence-corrected chi connectivity index (χ4v) is 2.31. The van der Waals surface area contributed by atoms with E-state index in [1.54, 1.807) is 0 Å². The van der Waals surface area contributed by atoms with Gasteiger partial charge in [0, 0.05) is 25.7 Å². The van der Waals surface area contributed by atoms with Crippen LogP contribution in [0.3, 0.4) is 0 Å². The van der Waals surface area contributed by atoms with Gasteiger partial charge in [-0.2, -0.15) is 5.10 Å². The van der Waals surface area contributed by atoms with Crippen LogP contribution in [0.15, 0.2) is 42.6 Å². The van der Waals surface area contributed by atoms with Crippen molar-refractivity contribution in [1.29, 1.82) is 0 Å². The third-order valence-electron chi connectivity index (χ3n) is 3.31. The van der Waals surface area contributed by atoms with Gasteiger partial charge in [0.15, 0.2) is 0 Å². The standard InChI is InChI=1S/C16H23N3/c1-3-10-17-13-15(14-7-5-4-6-8-14)12-16-9-11-19(2)18-16/h4-9,11,15,17H,3,10,12-13H2,1-2H3. The maximum absolute atomic E-state index is 4.49. The normalized spacial score (nSPS) is 12.5. The molecular formula is C16H23N3. The molecule has 1 heterocycles. The van der Waals surface area contributed by atoms with Crippen LogP contribution in [0, 0.1) is 0 Å². The second-order valence-electron chi connectivity index (χ2n) is 5.00. The number of nitrogens with one attached hydrogen (secondary N) is 1. The highest BCUT2D eigenvalue weighted by atomic mass is 15.2. The lowest BCUT2D eigenvalue weighted by atomic mass is 9.94. The van der Waals surface area contributed by atoms with Crippen LogP contribution >= 0.6 is 0 Å². The van der Waals surface area contributed by atoms with Gasteiger partial charge < -0.3 is 5.32 Å². The Bertz CT molecular complexity index is 476. The van der Waals surface area contributed by atoms with Crippen molar-refractivity contribution < 1.29 is 0 Å². The average molecular weight is 257 g/mol. The van der Waals surface area contributed by atoms with Gasteiger partial charge in [-0.15, -0.1) is 0 Å². The van der Waals surface area contributed by atoms with E-state index in [0.717, 1.165) is 25.2 Å². The number of nitrogens with zero attached hydrogens (tertiary/aromatic N) is 2. The molecule has 1 atom stereocenters. The fourth-order valence-electron chi connectivity index (χ4n) is 2.31. The van der Waals surface area contributed by atoms with Crippen LogP contribution in [0.5, 0.6) is 0 Å². The summed E-state index contributed by atoms with van der Waals surface area (Å²) in [5, 5.41) is 8.02. The third kappa shape index (κ3) is 4.21. The van der Waals surface area contributed by atoms with E-state index in [2.05, 4.69) is 53.7 Å². The van der Waals surface area contributed by atoms with Gasteiger partial charge in [-0.05, 0) is 31.0 Å². The molecule has 0 bridgehead atoms. The van der Waals surface area contributed by atoms with Crippen LogP contribution in [0.4, 0.5) is 0 Å². The monoisotopic (exact) mass is 257 g/mol. The molecule has 0 spiro atoms. The minimum atomic E-state index is 0.489. The SMILES string of the molecule is CCCNCC(Cc1ccn(C)n1)c1ccccc1. The molecule has 3 heteroatoms. The molecule has 2 aromatic rings. The van der Waals surface area contributed by atoms with Crippen molar-refractivity contribution in [3.8, 4) is 0 Å². The van der Waals surface area contributed by atoms with Crippen LogP contribution in [-0.4, -0.2) is 22.9 Å². The van der Waals surface area contributed by atoms with Crippen LogP contribution in [-0.2, 0) is 13.5 Å². The Balaban J connectivity index is 2.05. The first-order valence-corrected chi connectivity index (χ1v) is 7.03. The second-order valence-corrected chi connectivity index (χ2v) is 5.00. The topological polar surface area (TPSA) is 29.9 Å². The van der Waals surface area contributed by atoms with E-state index in [0.29, 0.717) is 5.92 Å². The molecule has 0 aliphatic carbocycles. The molecule has 1 aromatic heterocycles. The fraction of sp³-hybridized carbons (Fsp3) is 0.438. The lowest BCUT2D eigenvalue weighted by molar-refractivity contribution is 0.568.